The van der Waals surface area contributed by atoms with E-state index in [2.05, 4.69) is 26.2 Å². The van der Waals surface area contributed by atoms with Gasteiger partial charge in [-0.15, -0.1) is 0 Å². The highest BCUT2D eigenvalue weighted by Crippen LogP contribution is 2.42. The van der Waals surface area contributed by atoms with Gasteiger partial charge in [0.05, 0.1) is 5.25 Å². The van der Waals surface area contributed by atoms with Gasteiger partial charge in [0.25, 0.3) is 0 Å². The summed E-state index contributed by atoms with van der Waals surface area (Å²) in [7, 11) is -0.814. The van der Waals surface area contributed by atoms with Crippen LogP contribution in [0.3, 0.4) is 0 Å². The average Bonchev–Trinajstić information content (AvgIpc) is 2.41. The predicted octanol–water partition coefficient (Wildman–Crippen LogP) is 3.39. The zero-order chi connectivity index (χ0) is 15.7. The van der Waals surface area contributed by atoms with Gasteiger partial charge in [0.15, 0.2) is 0 Å². The molecule has 4 heteroatoms. The van der Waals surface area contributed by atoms with E-state index in [9.17, 15) is 8.42 Å². The number of rotatable bonds is 4. The second kappa shape index (κ2) is 6.57. The highest BCUT2D eigenvalue weighted by Gasteiger charge is 2.38. The number of nitrogens with one attached hydrogen (secondary N) is 1. The SMILES string of the molecule is CNC(C1CCC(C)(C)CC1)C1CCCC(S(C)(=O)=O)C1. The first-order chi connectivity index (χ1) is 9.73. The molecule has 1 N–H and O–H groups in total. The summed E-state index contributed by atoms with van der Waals surface area (Å²) < 4.78 is 23.8. The molecule has 3 nitrogen and oxygen atoms in total. The summed E-state index contributed by atoms with van der Waals surface area (Å²) in [5.41, 5.74) is 0.497. The third-order valence-electron chi connectivity index (χ3n) is 6.01. The molecule has 3 atom stereocenters. The molecule has 2 aliphatic rings. The molecule has 0 aromatic rings. The van der Waals surface area contributed by atoms with Crippen LogP contribution in [-0.4, -0.2) is 33.0 Å². The van der Waals surface area contributed by atoms with E-state index < -0.39 is 9.84 Å². The Hall–Kier alpha value is -0.0900. The Kier molecular flexibility index (Phi) is 5.40. The monoisotopic (exact) mass is 315 g/mol. The standard InChI is InChI=1S/C17H33NO2S/c1-17(2)10-8-13(9-11-17)16(18-3)14-6-5-7-15(12-14)21(4,19)20/h13-16,18H,5-12H2,1-4H3. The van der Waals surface area contributed by atoms with E-state index in [0.717, 1.165) is 25.2 Å². The van der Waals surface area contributed by atoms with E-state index in [1.54, 1.807) is 0 Å². The number of sulfone groups is 1. The minimum absolute atomic E-state index is 0.105. The van der Waals surface area contributed by atoms with Gasteiger partial charge >= 0.3 is 0 Å². The highest BCUT2D eigenvalue weighted by atomic mass is 32.2. The van der Waals surface area contributed by atoms with Crippen LogP contribution in [0, 0.1) is 17.3 Å². The van der Waals surface area contributed by atoms with Crippen molar-refractivity contribution in [2.75, 3.05) is 13.3 Å². The van der Waals surface area contributed by atoms with E-state index in [-0.39, 0.29) is 5.25 Å². The minimum Gasteiger partial charge on any atom is -0.316 e. The summed E-state index contributed by atoms with van der Waals surface area (Å²) in [5.74, 6) is 1.26. The second-order valence-electron chi connectivity index (χ2n) is 8.19. The maximum absolute atomic E-state index is 11.9. The lowest BCUT2D eigenvalue weighted by Gasteiger charge is -2.42. The van der Waals surface area contributed by atoms with Gasteiger partial charge in [-0.05, 0) is 69.2 Å². The maximum atomic E-state index is 11.9. The normalized spacial score (nSPS) is 32.8. The third-order valence-corrected chi connectivity index (χ3v) is 7.64. The van der Waals surface area contributed by atoms with Gasteiger partial charge < -0.3 is 5.32 Å². The number of hydrogen-bond acceptors (Lipinski definition) is 3. The molecule has 124 valence electrons. The summed E-state index contributed by atoms with van der Waals surface area (Å²) in [6.07, 6.45) is 10.6. The first-order valence-corrected chi connectivity index (χ1v) is 10.5. The van der Waals surface area contributed by atoms with Crippen LogP contribution in [0.1, 0.15) is 65.2 Å². The zero-order valence-electron chi connectivity index (χ0n) is 14.2. The number of hydrogen-bond donors (Lipinski definition) is 1. The lowest BCUT2D eigenvalue weighted by Crippen LogP contribution is -2.45. The van der Waals surface area contributed by atoms with Crippen molar-refractivity contribution in [1.29, 1.82) is 0 Å². The summed E-state index contributed by atoms with van der Waals surface area (Å²) >= 11 is 0. The Morgan fingerprint density at radius 2 is 1.67 bits per heavy atom. The first-order valence-electron chi connectivity index (χ1n) is 8.59. The van der Waals surface area contributed by atoms with Crippen LogP contribution in [0.15, 0.2) is 0 Å². The Bertz CT molecular complexity index is 434. The molecular weight excluding hydrogens is 282 g/mol. The predicted molar refractivity (Wildman–Crippen MR) is 89.2 cm³/mol. The smallest absolute Gasteiger partial charge is 0.150 e. The van der Waals surface area contributed by atoms with Crippen LogP contribution < -0.4 is 5.32 Å². The van der Waals surface area contributed by atoms with E-state index in [1.165, 1.54) is 38.4 Å². The molecule has 21 heavy (non-hydrogen) atoms. The molecule has 0 bridgehead atoms. The van der Waals surface area contributed by atoms with Crippen LogP contribution in [0.5, 0.6) is 0 Å². The van der Waals surface area contributed by atoms with Crippen LogP contribution in [-0.2, 0) is 9.84 Å². The van der Waals surface area contributed by atoms with Crippen LogP contribution in [0.25, 0.3) is 0 Å². The quantitative estimate of drug-likeness (QED) is 0.865. The van der Waals surface area contributed by atoms with Gasteiger partial charge in [0.1, 0.15) is 9.84 Å². The molecule has 0 radical (unpaired) electrons. The Morgan fingerprint density at radius 1 is 1.05 bits per heavy atom. The molecule has 0 aliphatic heterocycles. The third kappa shape index (κ3) is 4.44. The summed E-state index contributed by atoms with van der Waals surface area (Å²) in [6.45, 7) is 4.75. The van der Waals surface area contributed by atoms with E-state index in [0.29, 0.717) is 17.4 Å². The fourth-order valence-corrected chi connectivity index (χ4v) is 5.72. The fraction of sp³-hybridized carbons (Fsp3) is 1.00. The molecule has 2 rings (SSSR count). The van der Waals surface area contributed by atoms with Gasteiger partial charge in [0.2, 0.25) is 0 Å². The van der Waals surface area contributed by atoms with Crippen LogP contribution in [0.2, 0.25) is 0 Å². The largest absolute Gasteiger partial charge is 0.316 e. The van der Waals surface area contributed by atoms with Crippen molar-refractivity contribution in [2.45, 2.75) is 76.5 Å². The molecular formula is C17H33NO2S. The van der Waals surface area contributed by atoms with Crippen LogP contribution >= 0.6 is 0 Å². The van der Waals surface area contributed by atoms with Gasteiger partial charge in [-0.2, -0.15) is 0 Å². The topological polar surface area (TPSA) is 46.2 Å². The fourth-order valence-electron chi connectivity index (χ4n) is 4.53. The van der Waals surface area contributed by atoms with Crippen molar-refractivity contribution in [3.05, 3.63) is 0 Å². The molecule has 0 spiro atoms. The van der Waals surface area contributed by atoms with Crippen molar-refractivity contribution < 1.29 is 8.42 Å². The Labute approximate surface area is 131 Å². The molecule has 2 saturated carbocycles. The van der Waals surface area contributed by atoms with Crippen molar-refractivity contribution in [2.24, 2.45) is 17.3 Å². The maximum Gasteiger partial charge on any atom is 0.150 e. The summed E-state index contributed by atoms with van der Waals surface area (Å²) in [4.78, 5) is 0. The van der Waals surface area contributed by atoms with E-state index in [1.807, 2.05) is 0 Å². The molecule has 3 unspecified atom stereocenters. The van der Waals surface area contributed by atoms with Gasteiger partial charge in [0, 0.05) is 12.3 Å². The van der Waals surface area contributed by atoms with E-state index in [4.69, 9.17) is 0 Å². The van der Waals surface area contributed by atoms with Crippen molar-refractivity contribution in [1.82, 2.24) is 5.32 Å². The Morgan fingerprint density at radius 3 is 2.19 bits per heavy atom. The molecule has 0 amide bonds. The van der Waals surface area contributed by atoms with Crippen molar-refractivity contribution >= 4 is 9.84 Å². The van der Waals surface area contributed by atoms with Gasteiger partial charge in [-0.3, -0.25) is 0 Å². The molecule has 2 fully saturated rings. The lowest BCUT2D eigenvalue weighted by molar-refractivity contribution is 0.126. The zero-order valence-corrected chi connectivity index (χ0v) is 15.0. The second-order valence-corrected chi connectivity index (χ2v) is 10.5. The summed E-state index contributed by atoms with van der Waals surface area (Å²) in [5, 5.41) is 3.44. The van der Waals surface area contributed by atoms with E-state index >= 15 is 0 Å². The first kappa shape index (κ1) is 17.3. The molecule has 0 saturated heterocycles. The molecule has 0 heterocycles. The van der Waals surface area contributed by atoms with Crippen molar-refractivity contribution in [3.8, 4) is 0 Å². The lowest BCUT2D eigenvalue weighted by atomic mass is 9.67. The Balaban J connectivity index is 2.01. The molecule has 0 aromatic carbocycles. The average molecular weight is 316 g/mol. The highest BCUT2D eigenvalue weighted by molar-refractivity contribution is 7.91. The van der Waals surface area contributed by atoms with Crippen molar-refractivity contribution in [3.63, 3.8) is 0 Å². The molecule has 0 aromatic heterocycles. The molecule has 2 aliphatic carbocycles. The summed E-state index contributed by atoms with van der Waals surface area (Å²) in [6, 6.07) is 0.505. The van der Waals surface area contributed by atoms with Crippen LogP contribution in [0.4, 0.5) is 0 Å². The van der Waals surface area contributed by atoms with Gasteiger partial charge in [-0.1, -0.05) is 20.3 Å². The van der Waals surface area contributed by atoms with Gasteiger partial charge in [-0.25, -0.2) is 8.42 Å². The minimum atomic E-state index is -2.88.